The normalized spacial score (nSPS) is 30.0. The Morgan fingerprint density at radius 2 is 1.67 bits per heavy atom. The minimum absolute atomic E-state index is 0.0192. The summed E-state index contributed by atoms with van der Waals surface area (Å²) in [5.41, 5.74) is 2.43. The van der Waals surface area contributed by atoms with Crippen LogP contribution in [0.1, 0.15) is 111 Å². The number of aromatic nitrogens is 1. The van der Waals surface area contributed by atoms with Crippen LogP contribution in [0.2, 0.25) is 18.1 Å². The lowest BCUT2D eigenvalue weighted by Crippen LogP contribution is -2.51. The maximum Gasteiger partial charge on any atom is 0.412 e. The van der Waals surface area contributed by atoms with E-state index in [1.165, 1.54) is 0 Å². The predicted octanol–water partition coefficient (Wildman–Crippen LogP) is 11.8. The summed E-state index contributed by atoms with van der Waals surface area (Å²) in [6, 6.07) is 0. The Balaban J connectivity index is 1.48. The van der Waals surface area contributed by atoms with Gasteiger partial charge in [0.1, 0.15) is 36.6 Å². The molecule has 0 saturated carbocycles. The van der Waals surface area contributed by atoms with Gasteiger partial charge < -0.3 is 37.1 Å². The van der Waals surface area contributed by atoms with Gasteiger partial charge in [0.2, 0.25) is 5.89 Å². The second kappa shape index (κ2) is 22.9. The highest BCUT2D eigenvalue weighted by atomic mass is 127. The summed E-state index contributed by atoms with van der Waals surface area (Å²) < 4.78 is 139. The number of nitrogens with zero attached hydrogens (tertiary/aromatic N) is 1. The number of esters is 1. The Morgan fingerprint density at radius 3 is 2.30 bits per heavy atom. The van der Waals surface area contributed by atoms with E-state index in [0.717, 1.165) is 17.4 Å². The molecule has 3 saturated heterocycles. The fourth-order valence-corrected chi connectivity index (χ4v) is 11.0. The first-order valence-corrected chi connectivity index (χ1v) is 27.3. The zero-order valence-electron chi connectivity index (χ0n) is 37.7. The molecule has 64 heavy (non-hydrogen) atoms. The number of alkyl halides is 6. The molecule has 1 unspecified atom stereocenters. The highest BCUT2D eigenvalue weighted by Gasteiger charge is 2.46. The first-order valence-electron chi connectivity index (χ1n) is 21.4. The summed E-state index contributed by atoms with van der Waals surface area (Å²) in [6.45, 7) is 17.1. The highest BCUT2D eigenvalue weighted by Crippen LogP contribution is 2.50. The average Bonchev–Trinajstić information content (AvgIpc) is 3.64. The van der Waals surface area contributed by atoms with Crippen LogP contribution >= 0.6 is 30.2 Å². The van der Waals surface area contributed by atoms with Gasteiger partial charge in [0.15, 0.2) is 14.9 Å². The number of carbonyl (C=O) groups excluding carboxylic acids is 2. The molecule has 1 aromatic heterocycles. The molecular formula is C43H63F6INO11PSi. The minimum Gasteiger partial charge on any atom is -0.461 e. The Morgan fingerprint density at radius 1 is 0.984 bits per heavy atom. The predicted molar refractivity (Wildman–Crippen MR) is 237 cm³/mol. The maximum absolute atomic E-state index is 13.2. The molecule has 4 rings (SSSR count). The third-order valence-corrected chi connectivity index (χ3v) is 19.4. The maximum atomic E-state index is 13.2. The number of halogens is 7. The van der Waals surface area contributed by atoms with E-state index in [1.807, 2.05) is 29.5 Å². The lowest BCUT2D eigenvalue weighted by molar-refractivity contribution is -0.182. The second-order valence-electron chi connectivity index (χ2n) is 18.6. The summed E-state index contributed by atoms with van der Waals surface area (Å²) in [5, 5.41) is -0.0192. The molecule has 0 aliphatic carbocycles. The van der Waals surface area contributed by atoms with Gasteiger partial charge in [-0.1, -0.05) is 75.4 Å². The molecular weight excluding hydrogens is 1010 g/mol. The molecule has 364 valence electrons. The monoisotopic (exact) mass is 1070 g/mol. The largest absolute Gasteiger partial charge is 0.461 e. The van der Waals surface area contributed by atoms with Crippen molar-refractivity contribution in [2.45, 2.75) is 172 Å². The van der Waals surface area contributed by atoms with Crippen LogP contribution in [0.4, 0.5) is 26.3 Å². The molecule has 0 aromatic carbocycles. The van der Waals surface area contributed by atoms with Crippen LogP contribution < -0.4 is 0 Å². The Kier molecular flexibility index (Phi) is 19.6. The summed E-state index contributed by atoms with van der Waals surface area (Å²) in [7, 11) is -7.19. The van der Waals surface area contributed by atoms with E-state index in [9.17, 15) is 40.5 Å². The van der Waals surface area contributed by atoms with Gasteiger partial charge in [-0.3, -0.25) is 13.9 Å². The number of aldehydes is 1. The first-order chi connectivity index (χ1) is 29.6. The van der Waals surface area contributed by atoms with Crippen LogP contribution in [-0.4, -0.2) is 100 Å². The number of rotatable bonds is 19. The van der Waals surface area contributed by atoms with Crippen LogP contribution in [0.5, 0.6) is 0 Å². The van der Waals surface area contributed by atoms with E-state index in [2.05, 4.69) is 49.5 Å². The van der Waals surface area contributed by atoms with Gasteiger partial charge >= 0.3 is 25.9 Å². The number of oxazole rings is 1. The Bertz CT molecular complexity index is 1840. The molecule has 3 aliphatic rings. The molecule has 11 atom stereocenters. The molecule has 0 N–H and O–H groups in total. The van der Waals surface area contributed by atoms with Crippen LogP contribution in [0.25, 0.3) is 6.08 Å². The van der Waals surface area contributed by atoms with Gasteiger partial charge in [0.25, 0.3) is 0 Å². The van der Waals surface area contributed by atoms with Crippen molar-refractivity contribution in [3.8, 4) is 0 Å². The number of ether oxygens (including phenoxy) is 4. The Labute approximate surface area is 386 Å². The van der Waals surface area contributed by atoms with E-state index in [1.54, 1.807) is 36.3 Å². The average molecular weight is 1070 g/mol. The van der Waals surface area contributed by atoms with Crippen molar-refractivity contribution in [1.29, 1.82) is 0 Å². The van der Waals surface area contributed by atoms with Crippen LogP contribution in [0.15, 0.2) is 38.6 Å². The smallest absolute Gasteiger partial charge is 0.412 e. The zero-order valence-corrected chi connectivity index (χ0v) is 41.7. The minimum atomic E-state index is -5.02. The fraction of sp³-hybridized carbons (Fsp3) is 0.744. The van der Waals surface area contributed by atoms with E-state index >= 15 is 0 Å². The summed E-state index contributed by atoms with van der Waals surface area (Å²) in [5.74, 6) is -1.98. The van der Waals surface area contributed by atoms with Crippen LogP contribution in [0, 0.1) is 11.8 Å². The number of hydrogen-bond acceptors (Lipinski definition) is 12. The van der Waals surface area contributed by atoms with Crippen molar-refractivity contribution in [1.82, 2.24) is 4.98 Å². The quantitative estimate of drug-likeness (QED) is 0.0248. The van der Waals surface area contributed by atoms with Crippen molar-refractivity contribution in [3.05, 3.63) is 45.7 Å². The molecule has 4 heterocycles. The van der Waals surface area contributed by atoms with Gasteiger partial charge in [0, 0.05) is 31.1 Å². The van der Waals surface area contributed by atoms with Crippen molar-refractivity contribution >= 4 is 56.8 Å². The number of carbonyl (C=O) groups is 2. The topological polar surface area (TPSA) is 142 Å². The third-order valence-electron chi connectivity index (χ3n) is 12.2. The molecule has 0 bridgehead atoms. The summed E-state index contributed by atoms with van der Waals surface area (Å²) in [4.78, 5) is 29.2. The van der Waals surface area contributed by atoms with Gasteiger partial charge in [-0.25, -0.2) is 4.98 Å². The lowest BCUT2D eigenvalue weighted by atomic mass is 9.80. The van der Waals surface area contributed by atoms with Gasteiger partial charge in [-0.05, 0) is 66.5 Å². The molecule has 1 aromatic rings. The van der Waals surface area contributed by atoms with Crippen molar-refractivity contribution in [2.24, 2.45) is 11.8 Å². The molecule has 0 radical (unpaired) electrons. The van der Waals surface area contributed by atoms with Crippen molar-refractivity contribution < 1.29 is 77.3 Å². The van der Waals surface area contributed by atoms with Crippen LogP contribution in [-0.2, 0) is 46.6 Å². The summed E-state index contributed by atoms with van der Waals surface area (Å²) >= 11 is 2.05. The summed E-state index contributed by atoms with van der Waals surface area (Å²) in [6.07, 6.45) is -6.29. The molecule has 3 aliphatic heterocycles. The SMILES string of the molecule is C=C1C[C@H](C[C@@H]2C[C@@H](O[Si](C)(C)C(C)(C)C)C[C@H](c3coc(/C=C/C[C@H]4O[C@@H](/C(C)=C/I)[C@H](C)[C@@H](OC(=O)CP(=O)(OCCC(F)(F)F)OCC(F)(F)F)[C@H]4C)n3)O2)O[C@@H](CC=O)C1. The number of hydrogen-bond donors (Lipinski definition) is 0. The van der Waals surface area contributed by atoms with Gasteiger partial charge in [-0.15, -0.1) is 0 Å². The molecule has 12 nitrogen and oxygen atoms in total. The zero-order chi connectivity index (χ0) is 47.8. The fourth-order valence-electron chi connectivity index (χ4n) is 7.92. The van der Waals surface area contributed by atoms with Gasteiger partial charge in [-0.2, -0.15) is 26.3 Å². The van der Waals surface area contributed by atoms with E-state index in [0.29, 0.717) is 50.1 Å². The molecule has 0 amide bonds. The third kappa shape index (κ3) is 16.7. The standard InChI is InChI=1S/C43H63F6INO11PSi/c1-26-17-30(13-15-52)58-31(18-26)19-32-20-33(62-64(8,9)41(5,6)7)21-36(59-32)34-23-55-37(51-34)12-10-11-35-28(3)40(29(4)39(60-35)27(2)22-50)61-38(53)24-63(54,57-25-43(47,48)49)56-16-14-42(44,45)46/h10,12,15,22-23,28-33,35-36,39-40H,1,11,13-14,16-21,24-25H2,2-9H3/b12-10+,27-22+/t28-,29-,30-,31+,32+,33+,35+,36+,39-,40-,63?/m0/s1. The second-order valence-corrected chi connectivity index (χ2v) is 26.1. The van der Waals surface area contributed by atoms with Crippen molar-refractivity contribution in [3.63, 3.8) is 0 Å². The first kappa shape index (κ1) is 54.7. The lowest BCUT2D eigenvalue weighted by Gasteiger charge is -2.44. The van der Waals surface area contributed by atoms with E-state index in [-0.39, 0.29) is 35.9 Å². The molecule has 0 spiro atoms. The molecule has 3 fully saturated rings. The van der Waals surface area contributed by atoms with Crippen LogP contribution in [0.3, 0.4) is 0 Å². The van der Waals surface area contributed by atoms with Crippen molar-refractivity contribution in [2.75, 3.05) is 19.4 Å². The highest BCUT2D eigenvalue weighted by molar-refractivity contribution is 14.1. The van der Waals surface area contributed by atoms with Gasteiger partial charge in [0.05, 0.1) is 49.7 Å². The van der Waals surface area contributed by atoms with E-state index < -0.39 is 96.3 Å². The Hall–Kier alpha value is -1.91. The molecule has 21 heteroatoms. The van der Waals surface area contributed by atoms with E-state index in [4.69, 9.17) is 32.8 Å².